The molecule has 0 aliphatic rings. The highest BCUT2D eigenvalue weighted by molar-refractivity contribution is 7.26. The molecule has 1 heterocycles. The first kappa shape index (κ1) is 33.8. The lowest BCUT2D eigenvalue weighted by Crippen LogP contribution is -1.92. The molecule has 0 nitrogen and oxygen atoms in total. The Morgan fingerprint density at radius 1 is 0.220 bits per heavy atom. The third kappa shape index (κ3) is 5.29. The maximum Gasteiger partial charge on any atom is 0.0361 e. The summed E-state index contributed by atoms with van der Waals surface area (Å²) in [6, 6.07) is 80.6. The number of hydrogen-bond acceptors (Lipinski definition) is 1. The van der Waals surface area contributed by atoms with E-state index in [9.17, 15) is 0 Å². The van der Waals surface area contributed by atoms with Gasteiger partial charge in [0.1, 0.15) is 0 Å². The second kappa shape index (κ2) is 13.7. The Labute approximate surface area is 346 Å². The van der Waals surface area contributed by atoms with Crippen LogP contribution in [0.2, 0.25) is 0 Å². The van der Waals surface area contributed by atoms with Crippen molar-refractivity contribution in [2.24, 2.45) is 0 Å². The molecule has 0 N–H and O–H groups in total. The highest BCUT2D eigenvalue weighted by atomic mass is 32.1. The summed E-state index contributed by atoms with van der Waals surface area (Å²) < 4.78 is 2.60. The number of hydrogen-bond donors (Lipinski definition) is 0. The summed E-state index contributed by atoms with van der Waals surface area (Å²) in [4.78, 5) is 0. The Bertz CT molecular complexity index is 3480. The van der Waals surface area contributed by atoms with Crippen molar-refractivity contribution in [1.29, 1.82) is 0 Å². The van der Waals surface area contributed by atoms with Crippen molar-refractivity contribution in [3.05, 3.63) is 218 Å². The van der Waals surface area contributed by atoms with Crippen molar-refractivity contribution in [2.75, 3.05) is 0 Å². The minimum absolute atomic E-state index is 1.22. The van der Waals surface area contributed by atoms with Crippen LogP contribution in [0.25, 0.3) is 119 Å². The summed E-state index contributed by atoms with van der Waals surface area (Å²) in [6.07, 6.45) is 0. The van der Waals surface area contributed by atoms with Crippen molar-refractivity contribution < 1.29 is 0 Å². The molecule has 0 radical (unpaired) electrons. The minimum Gasteiger partial charge on any atom is -0.135 e. The normalized spacial score (nSPS) is 11.7. The topological polar surface area (TPSA) is 0 Å². The molecule has 0 aliphatic carbocycles. The fourth-order valence-electron chi connectivity index (χ4n) is 9.83. The smallest absolute Gasteiger partial charge is 0.0361 e. The van der Waals surface area contributed by atoms with E-state index < -0.39 is 0 Å². The fraction of sp³-hybridized carbons (Fsp3) is 0. The zero-order chi connectivity index (χ0) is 38.9. The van der Waals surface area contributed by atoms with Gasteiger partial charge in [-0.1, -0.05) is 200 Å². The van der Waals surface area contributed by atoms with Crippen LogP contribution in [0.4, 0.5) is 0 Å². The quantitative estimate of drug-likeness (QED) is 0.153. The van der Waals surface area contributed by atoms with Crippen LogP contribution in [0.1, 0.15) is 0 Å². The van der Waals surface area contributed by atoms with E-state index in [1.807, 2.05) is 11.3 Å². The summed E-state index contributed by atoms with van der Waals surface area (Å²) in [6.45, 7) is 0. The van der Waals surface area contributed by atoms with Gasteiger partial charge >= 0.3 is 0 Å². The molecule has 11 aromatic carbocycles. The van der Waals surface area contributed by atoms with E-state index in [1.165, 1.54) is 119 Å². The van der Waals surface area contributed by atoms with Gasteiger partial charge < -0.3 is 0 Å². The second-order valence-electron chi connectivity index (χ2n) is 15.5. The molecule has 1 heteroatoms. The van der Waals surface area contributed by atoms with Crippen LogP contribution < -0.4 is 0 Å². The van der Waals surface area contributed by atoms with E-state index in [-0.39, 0.29) is 0 Å². The molecular formula is C58H36S. The van der Waals surface area contributed by atoms with E-state index in [1.54, 1.807) is 0 Å². The van der Waals surface area contributed by atoms with Crippen molar-refractivity contribution >= 4 is 74.6 Å². The fourth-order valence-corrected chi connectivity index (χ4v) is 11.0. The van der Waals surface area contributed by atoms with Crippen LogP contribution >= 0.6 is 11.3 Å². The van der Waals surface area contributed by atoms with Crippen LogP contribution in [0, 0.1) is 0 Å². The van der Waals surface area contributed by atoms with Crippen molar-refractivity contribution in [1.82, 2.24) is 0 Å². The highest BCUT2D eigenvalue weighted by Gasteiger charge is 2.23. The van der Waals surface area contributed by atoms with Gasteiger partial charge in [0.25, 0.3) is 0 Å². The largest absolute Gasteiger partial charge is 0.135 e. The maximum atomic E-state index is 2.36. The van der Waals surface area contributed by atoms with Gasteiger partial charge in [0.2, 0.25) is 0 Å². The van der Waals surface area contributed by atoms with E-state index in [0.717, 1.165) is 0 Å². The first-order valence-corrected chi connectivity index (χ1v) is 21.2. The molecule has 0 atom stereocenters. The van der Waals surface area contributed by atoms with Gasteiger partial charge in [0.15, 0.2) is 0 Å². The molecule has 0 spiro atoms. The first-order chi connectivity index (χ1) is 29.3. The molecule has 0 saturated carbocycles. The van der Waals surface area contributed by atoms with Crippen LogP contribution in [0.3, 0.4) is 0 Å². The molecule has 0 bridgehead atoms. The lowest BCUT2D eigenvalue weighted by Gasteiger charge is -2.20. The number of thiophene rings is 1. The average molecular weight is 765 g/mol. The molecule has 0 amide bonds. The summed E-state index contributed by atoms with van der Waals surface area (Å²) in [5, 5.41) is 12.8. The van der Waals surface area contributed by atoms with Crippen molar-refractivity contribution in [2.45, 2.75) is 0 Å². The molecule has 0 unspecified atom stereocenters. The third-order valence-corrected chi connectivity index (χ3v) is 13.4. The maximum absolute atomic E-state index is 2.36. The van der Waals surface area contributed by atoms with E-state index in [2.05, 4.69) is 218 Å². The zero-order valence-electron chi connectivity index (χ0n) is 32.2. The Hall–Kier alpha value is -7.32. The van der Waals surface area contributed by atoms with Crippen LogP contribution in [-0.4, -0.2) is 0 Å². The Kier molecular flexibility index (Phi) is 7.82. The molecule has 0 saturated heterocycles. The van der Waals surface area contributed by atoms with Crippen LogP contribution in [0.5, 0.6) is 0 Å². The monoisotopic (exact) mass is 764 g/mol. The molecule has 59 heavy (non-hydrogen) atoms. The van der Waals surface area contributed by atoms with E-state index in [4.69, 9.17) is 0 Å². The first-order valence-electron chi connectivity index (χ1n) is 20.3. The van der Waals surface area contributed by atoms with Crippen molar-refractivity contribution in [3.8, 4) is 55.6 Å². The predicted molar refractivity (Wildman–Crippen MR) is 257 cm³/mol. The standard InChI is InChI=1S/C58H36S/c1-3-18-37(19-4-1)39-22-15-23-40(36-39)54-43-26-9-13-30-47(43)56(48-31-14-10-27-44(48)54)50-33-17-35-52-58(50)57-49(32-16-34-51(57)59-52)55-45-28-11-7-24-41(45)53(38-20-5-2-6-21-38)42-25-8-12-29-46(42)55/h1-36H. The minimum atomic E-state index is 1.22. The average Bonchev–Trinajstić information content (AvgIpc) is 3.70. The summed E-state index contributed by atoms with van der Waals surface area (Å²) in [5.74, 6) is 0. The Morgan fingerprint density at radius 2 is 0.542 bits per heavy atom. The molecular weight excluding hydrogens is 729 g/mol. The second-order valence-corrected chi connectivity index (χ2v) is 16.5. The molecule has 12 aromatic rings. The SMILES string of the molecule is c1ccc(-c2cccc(-c3c4ccccc4c(-c4cccc5sc6cccc(-c7c8ccccc8c(-c8ccccc8)c8ccccc78)c6c45)c4ccccc34)c2)cc1. The molecule has 12 rings (SSSR count). The van der Waals surface area contributed by atoms with Gasteiger partial charge in [-0.15, -0.1) is 11.3 Å². The Balaban J connectivity index is 1.18. The Morgan fingerprint density at radius 3 is 0.983 bits per heavy atom. The summed E-state index contributed by atoms with van der Waals surface area (Å²) in [5.41, 5.74) is 12.6. The molecule has 274 valence electrons. The van der Waals surface area contributed by atoms with Gasteiger partial charge in [-0.3, -0.25) is 0 Å². The van der Waals surface area contributed by atoms with Gasteiger partial charge in [-0.05, 0) is 117 Å². The molecule has 0 aliphatic heterocycles. The predicted octanol–water partition coefficient (Wildman–Crippen LogP) is 17.0. The highest BCUT2D eigenvalue weighted by Crippen LogP contribution is 2.52. The lowest BCUT2D eigenvalue weighted by molar-refractivity contribution is 1.61. The third-order valence-electron chi connectivity index (χ3n) is 12.2. The van der Waals surface area contributed by atoms with Crippen LogP contribution in [0.15, 0.2) is 218 Å². The van der Waals surface area contributed by atoms with Crippen LogP contribution in [-0.2, 0) is 0 Å². The van der Waals surface area contributed by atoms with Gasteiger partial charge in [-0.25, -0.2) is 0 Å². The zero-order valence-corrected chi connectivity index (χ0v) is 33.0. The van der Waals surface area contributed by atoms with E-state index in [0.29, 0.717) is 0 Å². The van der Waals surface area contributed by atoms with Gasteiger partial charge in [0.05, 0.1) is 0 Å². The number of rotatable bonds is 5. The molecule has 0 fully saturated rings. The van der Waals surface area contributed by atoms with E-state index >= 15 is 0 Å². The lowest BCUT2D eigenvalue weighted by atomic mass is 9.83. The summed E-state index contributed by atoms with van der Waals surface area (Å²) in [7, 11) is 0. The van der Waals surface area contributed by atoms with Gasteiger partial charge in [0, 0.05) is 20.2 Å². The van der Waals surface area contributed by atoms with Crippen molar-refractivity contribution in [3.63, 3.8) is 0 Å². The number of benzene rings is 11. The molecule has 1 aromatic heterocycles. The van der Waals surface area contributed by atoms with Gasteiger partial charge in [-0.2, -0.15) is 0 Å². The number of fused-ring (bicyclic) bond motifs is 7. The summed E-state index contributed by atoms with van der Waals surface area (Å²) >= 11 is 1.90.